The van der Waals surface area contributed by atoms with E-state index in [0.717, 1.165) is 43.3 Å². The van der Waals surface area contributed by atoms with Gasteiger partial charge < -0.3 is 13.4 Å². The minimum atomic E-state index is 0.278. The minimum Gasteiger partial charge on any atom is -0.465 e. The lowest BCUT2D eigenvalue weighted by molar-refractivity contribution is 0.287. The van der Waals surface area contributed by atoms with E-state index in [9.17, 15) is 0 Å². The summed E-state index contributed by atoms with van der Waals surface area (Å²) >= 11 is 0. The number of nitrogens with zero attached hydrogens (tertiary/aromatic N) is 5. The molecule has 0 radical (unpaired) electrons. The van der Waals surface area contributed by atoms with Gasteiger partial charge >= 0.3 is 0 Å². The van der Waals surface area contributed by atoms with Crippen LogP contribution in [0.25, 0.3) is 11.6 Å². The molecule has 1 saturated heterocycles. The zero-order chi connectivity index (χ0) is 15.8. The van der Waals surface area contributed by atoms with Gasteiger partial charge in [-0.25, -0.2) is 4.98 Å². The van der Waals surface area contributed by atoms with Crippen LogP contribution in [0.1, 0.15) is 29.7 Å². The molecule has 1 aliphatic heterocycles. The van der Waals surface area contributed by atoms with Crippen LogP contribution in [0.4, 0.5) is 0 Å². The monoisotopic (exact) mass is 313 g/mol. The largest absolute Gasteiger partial charge is 0.465 e. The molecule has 1 aliphatic rings. The molecule has 7 nitrogen and oxygen atoms in total. The van der Waals surface area contributed by atoms with Gasteiger partial charge in [-0.05, 0) is 32.0 Å². The molecule has 0 aromatic carbocycles. The molecular formula is C16H19N5O2. The first-order chi connectivity index (χ1) is 11.2. The maximum absolute atomic E-state index is 5.86. The number of aromatic nitrogens is 4. The Kier molecular flexibility index (Phi) is 3.49. The standard InChI is InChI=1S/C16H19N5O2/c1-11-3-4-13(22-11)9-21-6-5-12(8-21)15-18-19-16(23-15)14-7-17-10-20(14)2/h3-4,7,10,12H,5-6,8-9H2,1-2H3/t12-/m0/s1. The van der Waals surface area contributed by atoms with E-state index in [-0.39, 0.29) is 5.92 Å². The van der Waals surface area contributed by atoms with Gasteiger partial charge in [0.1, 0.15) is 17.2 Å². The topological polar surface area (TPSA) is 73.1 Å². The van der Waals surface area contributed by atoms with Crippen molar-refractivity contribution < 1.29 is 8.83 Å². The third-order valence-electron chi connectivity index (χ3n) is 4.27. The summed E-state index contributed by atoms with van der Waals surface area (Å²) in [7, 11) is 1.91. The van der Waals surface area contributed by atoms with Crippen LogP contribution in [0.5, 0.6) is 0 Å². The summed E-state index contributed by atoms with van der Waals surface area (Å²) in [5.41, 5.74) is 0.838. The molecule has 0 amide bonds. The van der Waals surface area contributed by atoms with Crippen LogP contribution < -0.4 is 0 Å². The second-order valence-corrected chi connectivity index (χ2v) is 6.07. The Balaban J connectivity index is 1.44. The smallest absolute Gasteiger partial charge is 0.265 e. The third kappa shape index (κ3) is 2.79. The van der Waals surface area contributed by atoms with E-state index in [1.165, 1.54) is 0 Å². The quantitative estimate of drug-likeness (QED) is 0.736. The molecule has 3 aromatic heterocycles. The van der Waals surface area contributed by atoms with E-state index in [4.69, 9.17) is 8.83 Å². The summed E-state index contributed by atoms with van der Waals surface area (Å²) in [5.74, 6) is 3.47. The molecule has 3 aromatic rings. The fourth-order valence-electron chi connectivity index (χ4n) is 3.03. The predicted octanol–water partition coefficient (Wildman–Crippen LogP) is 2.36. The number of aryl methyl sites for hydroxylation is 2. The van der Waals surface area contributed by atoms with Crippen molar-refractivity contribution in [2.75, 3.05) is 13.1 Å². The molecular weight excluding hydrogens is 294 g/mol. The highest BCUT2D eigenvalue weighted by Gasteiger charge is 2.29. The van der Waals surface area contributed by atoms with Gasteiger partial charge in [0, 0.05) is 13.6 Å². The van der Waals surface area contributed by atoms with Crippen molar-refractivity contribution in [2.24, 2.45) is 7.05 Å². The van der Waals surface area contributed by atoms with E-state index in [1.807, 2.05) is 30.7 Å². The average Bonchev–Trinajstić information content (AvgIpc) is 3.27. The molecule has 4 rings (SSSR count). The molecule has 23 heavy (non-hydrogen) atoms. The molecule has 4 heterocycles. The minimum absolute atomic E-state index is 0.278. The first-order valence-corrected chi connectivity index (χ1v) is 7.77. The molecule has 1 fully saturated rings. The maximum Gasteiger partial charge on any atom is 0.265 e. The number of hydrogen-bond acceptors (Lipinski definition) is 6. The molecule has 120 valence electrons. The van der Waals surface area contributed by atoms with Crippen molar-refractivity contribution in [1.82, 2.24) is 24.6 Å². The average molecular weight is 313 g/mol. The van der Waals surface area contributed by atoms with E-state index in [1.54, 1.807) is 12.5 Å². The van der Waals surface area contributed by atoms with Crippen LogP contribution in [0.2, 0.25) is 0 Å². The van der Waals surface area contributed by atoms with Crippen molar-refractivity contribution >= 4 is 0 Å². The van der Waals surface area contributed by atoms with Crippen LogP contribution in [0.3, 0.4) is 0 Å². The molecule has 1 atom stereocenters. The van der Waals surface area contributed by atoms with Crippen molar-refractivity contribution in [2.45, 2.75) is 25.8 Å². The maximum atomic E-state index is 5.86. The number of hydrogen-bond donors (Lipinski definition) is 0. The summed E-state index contributed by atoms with van der Waals surface area (Å²) in [5, 5.41) is 8.39. The van der Waals surface area contributed by atoms with Crippen molar-refractivity contribution in [3.05, 3.63) is 42.1 Å². The lowest BCUT2D eigenvalue weighted by Gasteiger charge is -2.12. The van der Waals surface area contributed by atoms with Crippen molar-refractivity contribution in [3.63, 3.8) is 0 Å². The lowest BCUT2D eigenvalue weighted by atomic mass is 10.1. The van der Waals surface area contributed by atoms with Crippen LogP contribution in [0.15, 0.2) is 33.5 Å². The van der Waals surface area contributed by atoms with E-state index >= 15 is 0 Å². The summed E-state index contributed by atoms with van der Waals surface area (Å²) in [6.45, 7) is 4.71. The summed E-state index contributed by atoms with van der Waals surface area (Å²) < 4.78 is 13.4. The van der Waals surface area contributed by atoms with Gasteiger partial charge in [0.2, 0.25) is 5.89 Å². The van der Waals surface area contributed by atoms with E-state index in [0.29, 0.717) is 11.8 Å². The van der Waals surface area contributed by atoms with Gasteiger partial charge in [-0.2, -0.15) is 0 Å². The third-order valence-corrected chi connectivity index (χ3v) is 4.27. The Morgan fingerprint density at radius 1 is 1.26 bits per heavy atom. The fraction of sp³-hybridized carbons (Fsp3) is 0.438. The summed E-state index contributed by atoms with van der Waals surface area (Å²) in [4.78, 5) is 6.44. The highest BCUT2D eigenvalue weighted by molar-refractivity contribution is 5.44. The normalized spacial score (nSPS) is 18.8. The predicted molar refractivity (Wildman–Crippen MR) is 82.6 cm³/mol. The van der Waals surface area contributed by atoms with Gasteiger partial charge in [0.05, 0.1) is 25.0 Å². The second kappa shape index (κ2) is 5.66. The molecule has 7 heteroatoms. The van der Waals surface area contributed by atoms with Crippen LogP contribution >= 0.6 is 0 Å². The van der Waals surface area contributed by atoms with E-state index in [2.05, 4.69) is 20.1 Å². The molecule has 0 unspecified atom stereocenters. The molecule has 0 aliphatic carbocycles. The first kappa shape index (κ1) is 14.2. The second-order valence-electron chi connectivity index (χ2n) is 6.07. The van der Waals surface area contributed by atoms with Crippen molar-refractivity contribution in [3.8, 4) is 11.6 Å². The van der Waals surface area contributed by atoms with Gasteiger partial charge in [-0.3, -0.25) is 4.90 Å². The Hall–Kier alpha value is -2.41. The van der Waals surface area contributed by atoms with Gasteiger partial charge in [-0.15, -0.1) is 10.2 Å². The Morgan fingerprint density at radius 3 is 2.91 bits per heavy atom. The van der Waals surface area contributed by atoms with Crippen molar-refractivity contribution in [1.29, 1.82) is 0 Å². The van der Waals surface area contributed by atoms with Crippen LogP contribution in [-0.4, -0.2) is 37.7 Å². The molecule has 0 N–H and O–H groups in total. The highest BCUT2D eigenvalue weighted by atomic mass is 16.4. The molecule has 0 spiro atoms. The SMILES string of the molecule is Cc1ccc(CN2CC[C@H](c3nnc(-c4cncn4C)o3)C2)o1. The highest BCUT2D eigenvalue weighted by Crippen LogP contribution is 2.29. The number of rotatable bonds is 4. The summed E-state index contributed by atoms with van der Waals surface area (Å²) in [6, 6.07) is 4.04. The van der Waals surface area contributed by atoms with Crippen LogP contribution in [0, 0.1) is 6.92 Å². The first-order valence-electron chi connectivity index (χ1n) is 7.77. The number of likely N-dealkylation sites (tertiary alicyclic amines) is 1. The fourth-order valence-corrected chi connectivity index (χ4v) is 3.03. The van der Waals surface area contributed by atoms with Gasteiger partial charge in [-0.1, -0.05) is 0 Å². The Morgan fingerprint density at radius 2 is 2.17 bits per heavy atom. The van der Waals surface area contributed by atoms with Crippen LogP contribution in [-0.2, 0) is 13.6 Å². The molecule has 0 bridgehead atoms. The zero-order valence-electron chi connectivity index (χ0n) is 13.3. The Labute approximate surface area is 133 Å². The van der Waals surface area contributed by atoms with Gasteiger partial charge in [0.25, 0.3) is 5.89 Å². The number of imidazole rings is 1. The van der Waals surface area contributed by atoms with Gasteiger partial charge in [0.15, 0.2) is 0 Å². The number of furan rings is 1. The summed E-state index contributed by atoms with van der Waals surface area (Å²) in [6.07, 6.45) is 4.48. The zero-order valence-corrected chi connectivity index (χ0v) is 13.3. The lowest BCUT2D eigenvalue weighted by Crippen LogP contribution is -2.19. The Bertz CT molecular complexity index is 803. The molecule has 0 saturated carbocycles. The van der Waals surface area contributed by atoms with E-state index < -0.39 is 0 Å².